The lowest BCUT2D eigenvalue weighted by atomic mass is 9.98. The lowest BCUT2D eigenvalue weighted by Gasteiger charge is -2.27. The van der Waals surface area contributed by atoms with E-state index < -0.39 is 11.5 Å². The van der Waals surface area contributed by atoms with Gasteiger partial charge in [0, 0.05) is 12.4 Å². The van der Waals surface area contributed by atoms with Gasteiger partial charge in [0.15, 0.2) is 0 Å². The summed E-state index contributed by atoms with van der Waals surface area (Å²) >= 11 is 1.57. The number of carbonyl (C=O) groups is 2. The van der Waals surface area contributed by atoms with Gasteiger partial charge >= 0.3 is 5.97 Å². The van der Waals surface area contributed by atoms with Crippen molar-refractivity contribution in [2.75, 3.05) is 18.1 Å². The fraction of sp³-hybridized carbons (Fsp3) is 0.833. The summed E-state index contributed by atoms with van der Waals surface area (Å²) in [5.74, 6) is 0.115. The number of hydrogen-bond donors (Lipinski definition) is 2. The molecule has 0 aromatic carbocycles. The summed E-state index contributed by atoms with van der Waals surface area (Å²) in [4.78, 5) is 23.2. The van der Waals surface area contributed by atoms with Crippen LogP contribution in [0.25, 0.3) is 0 Å². The highest BCUT2D eigenvalue weighted by Gasteiger charge is 2.43. The van der Waals surface area contributed by atoms with Gasteiger partial charge in [-0.05, 0) is 31.4 Å². The van der Waals surface area contributed by atoms with Gasteiger partial charge in [0.05, 0.1) is 12.5 Å². The van der Waals surface area contributed by atoms with Crippen molar-refractivity contribution >= 4 is 23.6 Å². The average molecular weight is 273 g/mol. The van der Waals surface area contributed by atoms with Gasteiger partial charge in [0.1, 0.15) is 5.54 Å². The maximum absolute atomic E-state index is 11.9. The van der Waals surface area contributed by atoms with E-state index >= 15 is 0 Å². The van der Waals surface area contributed by atoms with Gasteiger partial charge in [-0.1, -0.05) is 0 Å². The largest absolute Gasteiger partial charge is 0.479 e. The molecule has 18 heavy (non-hydrogen) atoms. The van der Waals surface area contributed by atoms with Crippen LogP contribution in [0.1, 0.15) is 32.1 Å². The molecule has 5 nitrogen and oxygen atoms in total. The van der Waals surface area contributed by atoms with Crippen LogP contribution in [0.5, 0.6) is 0 Å². The molecule has 1 amide bonds. The number of hydrogen-bond acceptors (Lipinski definition) is 4. The Labute approximate surface area is 111 Å². The highest BCUT2D eigenvalue weighted by atomic mass is 32.2. The molecule has 0 saturated carbocycles. The Morgan fingerprint density at radius 3 is 2.83 bits per heavy atom. The van der Waals surface area contributed by atoms with Crippen LogP contribution in [-0.4, -0.2) is 46.7 Å². The molecule has 0 spiro atoms. The van der Waals surface area contributed by atoms with Crippen LogP contribution in [0.2, 0.25) is 0 Å². The van der Waals surface area contributed by atoms with Crippen LogP contribution >= 0.6 is 11.8 Å². The molecule has 102 valence electrons. The maximum Gasteiger partial charge on any atom is 0.330 e. The zero-order valence-electron chi connectivity index (χ0n) is 10.3. The maximum atomic E-state index is 11.9. The number of carboxylic acid groups (broad SMARTS) is 1. The lowest BCUT2D eigenvalue weighted by Crippen LogP contribution is -2.55. The number of rotatable bonds is 4. The van der Waals surface area contributed by atoms with E-state index in [1.807, 2.05) is 0 Å². The topological polar surface area (TPSA) is 75.6 Å². The van der Waals surface area contributed by atoms with Gasteiger partial charge in [-0.3, -0.25) is 4.79 Å². The molecule has 2 rings (SSSR count). The van der Waals surface area contributed by atoms with Gasteiger partial charge in [-0.2, -0.15) is 11.8 Å². The SMILES string of the molecule is O=C(C[C@H]1CCCCO1)N[C@]1(C(=O)O)CCSC1. The van der Waals surface area contributed by atoms with Crippen molar-refractivity contribution in [3.8, 4) is 0 Å². The molecule has 0 aliphatic carbocycles. The molecular formula is C12H19NO4S. The predicted molar refractivity (Wildman–Crippen MR) is 68.7 cm³/mol. The lowest BCUT2D eigenvalue weighted by molar-refractivity contribution is -0.147. The minimum atomic E-state index is -1.06. The molecule has 0 bridgehead atoms. The molecule has 2 N–H and O–H groups in total. The number of aliphatic carboxylic acids is 1. The second-order valence-corrected chi connectivity index (χ2v) is 6.04. The first kappa shape index (κ1) is 13.7. The third-order valence-electron chi connectivity index (χ3n) is 3.50. The second kappa shape index (κ2) is 5.93. The van der Waals surface area contributed by atoms with Crippen molar-refractivity contribution < 1.29 is 19.4 Å². The molecule has 2 heterocycles. The first-order chi connectivity index (χ1) is 8.62. The Morgan fingerprint density at radius 2 is 2.28 bits per heavy atom. The molecule has 0 aromatic rings. The van der Waals surface area contributed by atoms with Gasteiger partial charge in [0.25, 0.3) is 0 Å². The summed E-state index contributed by atoms with van der Waals surface area (Å²) in [7, 11) is 0. The van der Waals surface area contributed by atoms with E-state index in [4.69, 9.17) is 4.74 Å². The van der Waals surface area contributed by atoms with Crippen molar-refractivity contribution in [1.29, 1.82) is 0 Å². The van der Waals surface area contributed by atoms with Gasteiger partial charge in [-0.25, -0.2) is 4.79 Å². The molecule has 0 aromatic heterocycles. The Bertz CT molecular complexity index is 322. The van der Waals surface area contributed by atoms with Crippen LogP contribution in [0, 0.1) is 0 Å². The van der Waals surface area contributed by atoms with Gasteiger partial charge in [0.2, 0.25) is 5.91 Å². The smallest absolute Gasteiger partial charge is 0.330 e. The molecule has 2 saturated heterocycles. The summed E-state index contributed by atoms with van der Waals surface area (Å²) in [5, 5.41) is 12.0. The normalized spacial score (nSPS) is 32.1. The summed E-state index contributed by atoms with van der Waals surface area (Å²) in [5.41, 5.74) is -1.06. The molecule has 2 aliphatic rings. The standard InChI is InChI=1S/C12H19NO4S/c14-10(7-9-3-1-2-5-17-9)13-12(11(15)16)4-6-18-8-12/h9H,1-8H2,(H,13,14)(H,15,16)/t9-,12-/m1/s1. The molecule has 2 fully saturated rings. The zero-order chi connectivity index (χ0) is 13.0. The van der Waals surface area contributed by atoms with Crippen molar-refractivity contribution in [1.82, 2.24) is 5.32 Å². The molecule has 0 radical (unpaired) electrons. The number of amides is 1. The minimum absolute atomic E-state index is 0.0429. The number of thioether (sulfide) groups is 1. The first-order valence-electron chi connectivity index (χ1n) is 6.36. The predicted octanol–water partition coefficient (Wildman–Crippen LogP) is 1.02. The van der Waals surface area contributed by atoms with Crippen molar-refractivity contribution in [3.05, 3.63) is 0 Å². The Morgan fingerprint density at radius 1 is 1.44 bits per heavy atom. The highest BCUT2D eigenvalue weighted by Crippen LogP contribution is 2.28. The molecule has 2 aliphatic heterocycles. The first-order valence-corrected chi connectivity index (χ1v) is 7.52. The van der Waals surface area contributed by atoms with Crippen LogP contribution in [-0.2, 0) is 14.3 Å². The summed E-state index contributed by atoms with van der Waals surface area (Å²) in [6.07, 6.45) is 3.76. The number of ether oxygens (including phenoxy) is 1. The van der Waals surface area contributed by atoms with Crippen molar-refractivity contribution in [2.24, 2.45) is 0 Å². The van der Waals surface area contributed by atoms with E-state index in [9.17, 15) is 14.7 Å². The van der Waals surface area contributed by atoms with E-state index in [2.05, 4.69) is 5.32 Å². The van der Waals surface area contributed by atoms with Crippen LogP contribution in [0.15, 0.2) is 0 Å². The van der Waals surface area contributed by atoms with E-state index in [0.29, 0.717) is 18.8 Å². The second-order valence-electron chi connectivity index (χ2n) is 4.93. The minimum Gasteiger partial charge on any atom is -0.479 e. The fourth-order valence-corrected chi connectivity index (χ4v) is 3.70. The summed E-state index contributed by atoms with van der Waals surface area (Å²) < 4.78 is 5.49. The quantitative estimate of drug-likeness (QED) is 0.800. The van der Waals surface area contributed by atoms with Crippen LogP contribution in [0.3, 0.4) is 0 Å². The fourth-order valence-electron chi connectivity index (χ4n) is 2.38. The van der Waals surface area contributed by atoms with E-state index in [-0.39, 0.29) is 18.4 Å². The molecule has 6 heteroatoms. The van der Waals surface area contributed by atoms with Crippen LogP contribution < -0.4 is 5.32 Å². The number of nitrogens with one attached hydrogen (secondary N) is 1. The van der Waals surface area contributed by atoms with Gasteiger partial charge in [-0.15, -0.1) is 0 Å². The van der Waals surface area contributed by atoms with Crippen LogP contribution in [0.4, 0.5) is 0 Å². The Hall–Kier alpha value is -0.750. The molecular weight excluding hydrogens is 254 g/mol. The van der Waals surface area contributed by atoms with E-state index in [1.54, 1.807) is 11.8 Å². The Balaban J connectivity index is 1.87. The Kier molecular flexibility index (Phi) is 4.50. The van der Waals surface area contributed by atoms with E-state index in [1.165, 1.54) is 0 Å². The molecule has 0 unspecified atom stereocenters. The molecule has 2 atom stereocenters. The summed E-state index contributed by atoms with van der Waals surface area (Å²) in [6.45, 7) is 0.706. The number of carbonyl (C=O) groups excluding carboxylic acids is 1. The van der Waals surface area contributed by atoms with Gasteiger partial charge < -0.3 is 15.2 Å². The highest BCUT2D eigenvalue weighted by molar-refractivity contribution is 7.99. The van der Waals surface area contributed by atoms with Crippen molar-refractivity contribution in [3.63, 3.8) is 0 Å². The van der Waals surface area contributed by atoms with E-state index in [0.717, 1.165) is 25.0 Å². The number of carboxylic acids is 1. The third kappa shape index (κ3) is 3.17. The summed E-state index contributed by atoms with van der Waals surface area (Å²) in [6, 6.07) is 0. The third-order valence-corrected chi connectivity index (χ3v) is 4.69. The average Bonchev–Trinajstić information content (AvgIpc) is 2.80. The van der Waals surface area contributed by atoms with Crippen molar-refractivity contribution in [2.45, 2.75) is 43.7 Å². The zero-order valence-corrected chi connectivity index (χ0v) is 11.1. The monoisotopic (exact) mass is 273 g/mol.